The van der Waals surface area contributed by atoms with Gasteiger partial charge in [-0.3, -0.25) is 9.13 Å². The molecule has 0 spiro atoms. The van der Waals surface area contributed by atoms with Gasteiger partial charge in [0.15, 0.2) is 0 Å². The van der Waals surface area contributed by atoms with Gasteiger partial charge in [-0.15, -0.1) is 24.8 Å². The molecule has 1 aliphatic carbocycles. The second kappa shape index (κ2) is 8.38. The molecule has 2 aromatic heterocycles. The highest BCUT2D eigenvalue weighted by atomic mass is 35.5. The number of aryl methyl sites for hydroxylation is 2. The maximum absolute atomic E-state index is 12.0. The third kappa shape index (κ3) is 3.94. The van der Waals surface area contributed by atoms with Crippen molar-refractivity contribution < 1.29 is 0 Å². The first kappa shape index (κ1) is 22.0. The minimum atomic E-state index is -0.0305. The van der Waals surface area contributed by atoms with Crippen molar-refractivity contribution in [2.24, 2.45) is 19.8 Å². The van der Waals surface area contributed by atoms with E-state index < -0.39 is 0 Å². The Bertz CT molecular complexity index is 1040. The molecule has 28 heavy (non-hydrogen) atoms. The van der Waals surface area contributed by atoms with Crippen molar-refractivity contribution in [3.63, 3.8) is 0 Å². The number of hydrogen-bond donors (Lipinski definition) is 3. The first-order valence-corrected chi connectivity index (χ1v) is 8.70. The Morgan fingerprint density at radius 2 is 1.79 bits per heavy atom. The number of rotatable bonds is 4. The quantitative estimate of drug-likeness (QED) is 0.587. The SMILES string of the molecule is Cl.Cl.Cn1c(=O)n(C)c2cc(CNc3cc(C4CC(N)C4)nc(N)n3)ccc21. The molecule has 3 aromatic rings. The Morgan fingerprint density at radius 1 is 1.11 bits per heavy atom. The van der Waals surface area contributed by atoms with Crippen LogP contribution in [0.1, 0.15) is 30.0 Å². The van der Waals surface area contributed by atoms with Crippen LogP contribution in [0.2, 0.25) is 0 Å². The van der Waals surface area contributed by atoms with E-state index in [9.17, 15) is 4.79 Å². The van der Waals surface area contributed by atoms with Crippen molar-refractivity contribution in [2.45, 2.75) is 31.3 Å². The maximum Gasteiger partial charge on any atom is 0.328 e. The number of nitrogen functional groups attached to an aromatic ring is 1. The molecule has 0 aliphatic heterocycles. The number of benzene rings is 1. The summed E-state index contributed by atoms with van der Waals surface area (Å²) in [4.78, 5) is 20.7. The van der Waals surface area contributed by atoms with Crippen LogP contribution >= 0.6 is 24.8 Å². The van der Waals surface area contributed by atoms with Gasteiger partial charge in [-0.1, -0.05) is 6.07 Å². The van der Waals surface area contributed by atoms with Gasteiger partial charge in [0.2, 0.25) is 5.95 Å². The molecule has 0 unspecified atom stereocenters. The average molecular weight is 426 g/mol. The smallest absolute Gasteiger partial charge is 0.328 e. The lowest BCUT2D eigenvalue weighted by Gasteiger charge is -2.32. The number of hydrogen-bond acceptors (Lipinski definition) is 6. The van der Waals surface area contributed by atoms with E-state index in [2.05, 4.69) is 15.3 Å². The van der Waals surface area contributed by atoms with Crippen molar-refractivity contribution >= 4 is 47.6 Å². The van der Waals surface area contributed by atoms with Gasteiger partial charge in [0.25, 0.3) is 0 Å². The first-order valence-electron chi connectivity index (χ1n) is 8.70. The van der Waals surface area contributed by atoms with E-state index in [1.807, 2.05) is 24.3 Å². The molecule has 152 valence electrons. The highest BCUT2D eigenvalue weighted by Crippen LogP contribution is 2.35. The molecule has 10 heteroatoms. The Morgan fingerprint density at radius 3 is 2.46 bits per heavy atom. The van der Waals surface area contributed by atoms with Gasteiger partial charge in [0.05, 0.1) is 16.7 Å². The van der Waals surface area contributed by atoms with Crippen LogP contribution in [0.3, 0.4) is 0 Å². The Labute approximate surface area is 175 Å². The second-order valence-corrected chi connectivity index (χ2v) is 7.04. The summed E-state index contributed by atoms with van der Waals surface area (Å²) in [5.41, 5.74) is 15.5. The summed E-state index contributed by atoms with van der Waals surface area (Å²) in [7, 11) is 3.56. The molecule has 5 N–H and O–H groups in total. The van der Waals surface area contributed by atoms with E-state index in [1.54, 1.807) is 23.2 Å². The number of imidazole rings is 1. The molecule has 8 nitrogen and oxygen atoms in total. The van der Waals surface area contributed by atoms with Gasteiger partial charge < -0.3 is 16.8 Å². The summed E-state index contributed by atoms with van der Waals surface area (Å²) in [6, 6.07) is 8.19. The van der Waals surface area contributed by atoms with Crippen molar-refractivity contribution in [1.82, 2.24) is 19.1 Å². The molecular weight excluding hydrogens is 401 g/mol. The minimum absolute atomic E-state index is 0. The maximum atomic E-state index is 12.0. The predicted octanol–water partition coefficient (Wildman–Crippen LogP) is 1.91. The average Bonchev–Trinajstić information content (AvgIpc) is 2.81. The van der Waals surface area contributed by atoms with E-state index in [-0.39, 0.29) is 42.5 Å². The largest absolute Gasteiger partial charge is 0.368 e. The van der Waals surface area contributed by atoms with Crippen LogP contribution in [-0.2, 0) is 20.6 Å². The van der Waals surface area contributed by atoms with Crippen molar-refractivity contribution in [2.75, 3.05) is 11.1 Å². The van der Waals surface area contributed by atoms with E-state index >= 15 is 0 Å². The third-order valence-corrected chi connectivity index (χ3v) is 5.17. The highest BCUT2D eigenvalue weighted by Gasteiger charge is 2.29. The summed E-state index contributed by atoms with van der Waals surface area (Å²) in [6.07, 6.45) is 1.88. The van der Waals surface area contributed by atoms with E-state index in [0.717, 1.165) is 35.1 Å². The fourth-order valence-corrected chi connectivity index (χ4v) is 3.54. The Kier molecular flexibility index (Phi) is 6.59. The summed E-state index contributed by atoms with van der Waals surface area (Å²) in [5.74, 6) is 1.34. The lowest BCUT2D eigenvalue weighted by Crippen LogP contribution is -2.35. The number of aromatic nitrogens is 4. The molecule has 4 rings (SSSR count). The van der Waals surface area contributed by atoms with E-state index in [1.165, 1.54) is 0 Å². The van der Waals surface area contributed by atoms with Gasteiger partial charge in [0.1, 0.15) is 5.82 Å². The summed E-state index contributed by atoms with van der Waals surface area (Å²) in [6.45, 7) is 0.582. The summed E-state index contributed by atoms with van der Waals surface area (Å²) < 4.78 is 3.30. The lowest BCUT2D eigenvalue weighted by atomic mass is 9.78. The normalized spacial score (nSPS) is 18.1. The Balaban J connectivity index is 0.00000140. The minimum Gasteiger partial charge on any atom is -0.368 e. The van der Waals surface area contributed by atoms with E-state index in [0.29, 0.717) is 18.3 Å². The van der Waals surface area contributed by atoms with Gasteiger partial charge >= 0.3 is 5.69 Å². The van der Waals surface area contributed by atoms with Crippen LogP contribution in [0.15, 0.2) is 29.1 Å². The molecule has 0 radical (unpaired) electrons. The van der Waals surface area contributed by atoms with Gasteiger partial charge in [-0.2, -0.15) is 4.98 Å². The van der Waals surface area contributed by atoms with Crippen LogP contribution < -0.4 is 22.5 Å². The van der Waals surface area contributed by atoms with Gasteiger partial charge in [-0.25, -0.2) is 9.78 Å². The highest BCUT2D eigenvalue weighted by molar-refractivity contribution is 5.85. The molecule has 0 amide bonds. The van der Waals surface area contributed by atoms with Gasteiger partial charge in [0, 0.05) is 38.7 Å². The summed E-state index contributed by atoms with van der Waals surface area (Å²) >= 11 is 0. The predicted molar refractivity (Wildman–Crippen MR) is 116 cm³/mol. The molecule has 0 saturated heterocycles. The van der Waals surface area contributed by atoms with Crippen LogP contribution in [0.4, 0.5) is 11.8 Å². The molecular formula is C18H25Cl2N7O. The topological polar surface area (TPSA) is 117 Å². The van der Waals surface area contributed by atoms with Crippen LogP contribution in [0.25, 0.3) is 11.0 Å². The van der Waals surface area contributed by atoms with Crippen LogP contribution in [0.5, 0.6) is 0 Å². The van der Waals surface area contributed by atoms with E-state index in [4.69, 9.17) is 11.5 Å². The second-order valence-electron chi connectivity index (χ2n) is 7.04. The first-order chi connectivity index (χ1) is 12.4. The number of fused-ring (bicyclic) bond motifs is 1. The number of anilines is 2. The van der Waals surface area contributed by atoms with Crippen LogP contribution in [-0.4, -0.2) is 25.1 Å². The number of nitrogens with two attached hydrogens (primary N) is 2. The van der Waals surface area contributed by atoms with Gasteiger partial charge in [-0.05, 0) is 30.5 Å². The standard InChI is InChI=1S/C18H23N7O.2ClH/c1-24-14-4-3-10(5-15(14)25(2)18(24)26)9-21-16-8-13(22-17(20)23-16)11-6-12(19)7-11;;/h3-5,8,11-12H,6-7,9,19H2,1-2H3,(H3,20,21,22,23);2*1H. The number of halogens is 2. The third-order valence-electron chi connectivity index (χ3n) is 5.17. The van der Waals surface area contributed by atoms with Crippen molar-refractivity contribution in [3.05, 3.63) is 46.0 Å². The van der Waals surface area contributed by atoms with Crippen molar-refractivity contribution in [3.8, 4) is 0 Å². The molecule has 0 bridgehead atoms. The molecule has 2 heterocycles. The molecule has 1 aliphatic rings. The molecule has 0 atom stereocenters. The van der Waals surface area contributed by atoms with Crippen molar-refractivity contribution in [1.29, 1.82) is 0 Å². The van der Waals surface area contributed by atoms with Crippen LogP contribution in [0, 0.1) is 0 Å². The summed E-state index contributed by atoms with van der Waals surface area (Å²) in [5, 5.41) is 3.31. The number of nitrogens with zero attached hydrogens (tertiary/aromatic N) is 4. The zero-order valence-corrected chi connectivity index (χ0v) is 17.4. The number of nitrogens with one attached hydrogen (secondary N) is 1. The monoisotopic (exact) mass is 425 g/mol. The fraction of sp³-hybridized carbons (Fsp3) is 0.389. The zero-order valence-electron chi connectivity index (χ0n) is 15.8. The molecule has 1 aromatic carbocycles. The molecule has 1 saturated carbocycles. The lowest BCUT2D eigenvalue weighted by molar-refractivity contribution is 0.345. The Hall–Kier alpha value is -2.29. The molecule has 1 fully saturated rings. The zero-order chi connectivity index (χ0) is 18.4. The fourth-order valence-electron chi connectivity index (χ4n) is 3.54.